The van der Waals surface area contributed by atoms with Gasteiger partial charge in [0, 0.05) is 0 Å². The molecule has 0 atom stereocenters. The highest BCUT2D eigenvalue weighted by atomic mass is 32.1. The number of aryl methyl sites for hydroxylation is 1. The number of fused-ring (bicyclic) bond motifs is 1. The van der Waals surface area contributed by atoms with E-state index in [9.17, 15) is 10.1 Å². The van der Waals surface area contributed by atoms with Crippen LogP contribution in [0.5, 0.6) is 17.2 Å². The molecule has 4 aromatic rings. The highest BCUT2D eigenvalue weighted by molar-refractivity contribution is 7.22. The van der Waals surface area contributed by atoms with Gasteiger partial charge in [-0.25, -0.2) is 4.98 Å². The van der Waals surface area contributed by atoms with Crippen LogP contribution in [0, 0.1) is 18.3 Å². The maximum atomic E-state index is 12.8. The van der Waals surface area contributed by atoms with Crippen LogP contribution in [0.2, 0.25) is 0 Å². The summed E-state index contributed by atoms with van der Waals surface area (Å²) in [5.74, 6) is 1.28. The first kappa shape index (κ1) is 24.8. The second kappa shape index (κ2) is 11.4. The van der Waals surface area contributed by atoms with E-state index in [-0.39, 0.29) is 5.57 Å². The number of nitrogens with one attached hydrogen (secondary N) is 1. The fourth-order valence-electron chi connectivity index (χ4n) is 3.52. The fraction of sp³-hybridized carbons (Fsp3) is 0.179. The van der Waals surface area contributed by atoms with Crippen LogP contribution in [0.4, 0.5) is 5.13 Å². The molecule has 0 aliphatic heterocycles. The lowest BCUT2D eigenvalue weighted by atomic mass is 10.1. The number of nitrogens with zero attached hydrogens (tertiary/aromatic N) is 2. The summed E-state index contributed by atoms with van der Waals surface area (Å²) >= 11 is 1.32. The van der Waals surface area contributed by atoms with Gasteiger partial charge in [-0.05, 0) is 66.9 Å². The lowest BCUT2D eigenvalue weighted by molar-refractivity contribution is -0.112. The summed E-state index contributed by atoms with van der Waals surface area (Å²) in [6.45, 7) is 4.91. The van der Waals surface area contributed by atoms with Crippen molar-refractivity contribution in [3.63, 3.8) is 0 Å². The number of methoxy groups -OCH3 is 1. The first-order valence-corrected chi connectivity index (χ1v) is 12.1. The van der Waals surface area contributed by atoms with Crippen LogP contribution in [-0.2, 0) is 11.4 Å². The third-order valence-electron chi connectivity index (χ3n) is 5.40. The number of aromatic nitrogens is 1. The van der Waals surface area contributed by atoms with Crippen molar-refractivity contribution in [1.82, 2.24) is 4.98 Å². The fourth-order valence-corrected chi connectivity index (χ4v) is 4.40. The van der Waals surface area contributed by atoms with Gasteiger partial charge in [0.1, 0.15) is 24.0 Å². The number of nitriles is 1. The molecule has 0 aliphatic carbocycles. The topological polar surface area (TPSA) is 93.5 Å². The quantitative estimate of drug-likeness (QED) is 0.220. The number of hydrogen-bond acceptors (Lipinski definition) is 7. The predicted octanol–water partition coefficient (Wildman–Crippen LogP) is 6.14. The molecule has 0 radical (unpaired) electrons. The Hall–Kier alpha value is -4.35. The van der Waals surface area contributed by atoms with Crippen molar-refractivity contribution in [2.45, 2.75) is 20.5 Å². The second-order valence-electron chi connectivity index (χ2n) is 7.83. The molecule has 36 heavy (non-hydrogen) atoms. The van der Waals surface area contributed by atoms with Crippen LogP contribution in [0.1, 0.15) is 23.6 Å². The molecule has 0 bridgehead atoms. The van der Waals surface area contributed by atoms with E-state index < -0.39 is 5.91 Å². The average molecular weight is 500 g/mol. The number of hydrogen-bond donors (Lipinski definition) is 1. The zero-order chi connectivity index (χ0) is 25.5. The lowest BCUT2D eigenvalue weighted by Crippen LogP contribution is -2.13. The van der Waals surface area contributed by atoms with Gasteiger partial charge in [-0.15, -0.1) is 0 Å². The first-order valence-electron chi connectivity index (χ1n) is 11.3. The Morgan fingerprint density at radius 1 is 1.11 bits per heavy atom. The van der Waals surface area contributed by atoms with Gasteiger partial charge in [-0.1, -0.05) is 41.7 Å². The summed E-state index contributed by atoms with van der Waals surface area (Å²) in [4.78, 5) is 17.2. The van der Waals surface area contributed by atoms with E-state index in [0.29, 0.717) is 35.4 Å². The first-order chi connectivity index (χ1) is 17.5. The monoisotopic (exact) mass is 499 g/mol. The number of carbonyl (C=O) groups is 1. The number of benzene rings is 3. The van der Waals surface area contributed by atoms with Gasteiger partial charge in [-0.3, -0.25) is 10.1 Å². The van der Waals surface area contributed by atoms with E-state index in [1.54, 1.807) is 25.3 Å². The normalized spacial score (nSPS) is 11.1. The Labute approximate surface area is 213 Å². The smallest absolute Gasteiger partial charge is 0.268 e. The minimum absolute atomic E-state index is 0.0557. The molecular formula is C28H25N3O4S. The van der Waals surface area contributed by atoms with Crippen molar-refractivity contribution < 1.29 is 19.0 Å². The van der Waals surface area contributed by atoms with Gasteiger partial charge in [0.05, 0.1) is 23.9 Å². The molecule has 0 spiro atoms. The van der Waals surface area contributed by atoms with E-state index in [4.69, 9.17) is 14.2 Å². The predicted molar refractivity (Wildman–Crippen MR) is 142 cm³/mol. The van der Waals surface area contributed by atoms with Crippen LogP contribution in [-0.4, -0.2) is 24.6 Å². The number of anilines is 1. The van der Waals surface area contributed by atoms with Gasteiger partial charge >= 0.3 is 0 Å². The Morgan fingerprint density at radius 2 is 1.94 bits per heavy atom. The van der Waals surface area contributed by atoms with E-state index >= 15 is 0 Å². The zero-order valence-corrected chi connectivity index (χ0v) is 21.0. The van der Waals surface area contributed by atoms with E-state index in [2.05, 4.69) is 10.3 Å². The van der Waals surface area contributed by atoms with Gasteiger partial charge in [0.2, 0.25) is 0 Å². The van der Waals surface area contributed by atoms with Crippen molar-refractivity contribution in [2.24, 2.45) is 0 Å². The summed E-state index contributed by atoms with van der Waals surface area (Å²) < 4.78 is 17.8. The van der Waals surface area contributed by atoms with Gasteiger partial charge in [0.25, 0.3) is 5.91 Å². The third-order valence-corrected chi connectivity index (χ3v) is 6.33. The summed E-state index contributed by atoms with van der Waals surface area (Å²) in [7, 11) is 1.55. The summed E-state index contributed by atoms with van der Waals surface area (Å²) in [6, 6.07) is 20.8. The molecule has 0 unspecified atom stereocenters. The van der Waals surface area contributed by atoms with Crippen LogP contribution in [0.25, 0.3) is 16.3 Å². The van der Waals surface area contributed by atoms with Crippen molar-refractivity contribution in [2.75, 3.05) is 19.0 Å². The molecule has 4 rings (SSSR count). The van der Waals surface area contributed by atoms with E-state index in [0.717, 1.165) is 27.1 Å². The molecule has 3 aromatic carbocycles. The number of rotatable bonds is 9. The maximum absolute atomic E-state index is 12.8. The molecule has 1 N–H and O–H groups in total. The highest BCUT2D eigenvalue weighted by Gasteiger charge is 2.14. The highest BCUT2D eigenvalue weighted by Crippen LogP contribution is 2.31. The van der Waals surface area contributed by atoms with Crippen molar-refractivity contribution in [3.05, 3.63) is 82.9 Å². The number of ether oxygens (including phenoxy) is 3. The molecule has 182 valence electrons. The molecule has 0 saturated heterocycles. The molecule has 0 aliphatic rings. The van der Waals surface area contributed by atoms with Crippen molar-refractivity contribution >= 4 is 38.7 Å². The lowest BCUT2D eigenvalue weighted by Gasteiger charge is -2.12. The number of thiazole rings is 1. The third kappa shape index (κ3) is 5.82. The Bertz CT molecular complexity index is 1470. The SMILES string of the molecule is CCOc1ccc2nc(NC(=O)C(C#N)=Cc3ccc(OCc4ccccc4C)c(OC)c3)sc2c1. The minimum Gasteiger partial charge on any atom is -0.494 e. The molecule has 0 saturated carbocycles. The standard InChI is InChI=1S/C28H25N3O4S/c1-4-34-22-10-11-23-26(15-22)36-28(30-23)31-27(32)21(16-29)13-19-9-12-24(25(14-19)33-3)35-17-20-8-6-5-7-18(20)2/h5-15H,4,17H2,1-3H3,(H,30,31,32). The average Bonchev–Trinajstić information content (AvgIpc) is 3.28. The zero-order valence-electron chi connectivity index (χ0n) is 20.2. The molecule has 0 fully saturated rings. The molecule has 1 aromatic heterocycles. The van der Waals surface area contributed by atoms with Gasteiger partial charge < -0.3 is 14.2 Å². The van der Waals surface area contributed by atoms with E-state index in [1.165, 1.54) is 17.4 Å². The Balaban J connectivity index is 1.49. The molecule has 7 nitrogen and oxygen atoms in total. The largest absolute Gasteiger partial charge is 0.494 e. The van der Waals surface area contributed by atoms with E-state index in [1.807, 2.05) is 62.4 Å². The number of amides is 1. The van der Waals surface area contributed by atoms with Crippen LogP contribution < -0.4 is 19.5 Å². The molecule has 1 amide bonds. The number of carbonyl (C=O) groups excluding carboxylic acids is 1. The molecule has 8 heteroatoms. The van der Waals surface area contributed by atoms with Gasteiger partial charge in [-0.2, -0.15) is 5.26 Å². The second-order valence-corrected chi connectivity index (χ2v) is 8.86. The van der Waals surface area contributed by atoms with Crippen molar-refractivity contribution in [1.29, 1.82) is 5.26 Å². The summed E-state index contributed by atoms with van der Waals surface area (Å²) in [6.07, 6.45) is 1.50. The van der Waals surface area contributed by atoms with Crippen LogP contribution in [0.15, 0.2) is 66.2 Å². The Morgan fingerprint density at radius 3 is 2.69 bits per heavy atom. The van der Waals surface area contributed by atoms with Crippen LogP contribution >= 0.6 is 11.3 Å². The van der Waals surface area contributed by atoms with Crippen molar-refractivity contribution in [3.8, 4) is 23.3 Å². The maximum Gasteiger partial charge on any atom is 0.268 e. The Kier molecular flexibility index (Phi) is 7.83. The summed E-state index contributed by atoms with van der Waals surface area (Å²) in [5.41, 5.74) is 3.54. The molecular weight excluding hydrogens is 474 g/mol. The molecule has 1 heterocycles. The van der Waals surface area contributed by atoms with Crippen LogP contribution in [0.3, 0.4) is 0 Å². The van der Waals surface area contributed by atoms with Gasteiger partial charge in [0.15, 0.2) is 16.6 Å². The minimum atomic E-state index is -0.541. The summed E-state index contributed by atoms with van der Waals surface area (Å²) in [5, 5.41) is 12.7.